The lowest BCUT2D eigenvalue weighted by atomic mass is 10.1. The van der Waals surface area contributed by atoms with E-state index in [1.54, 1.807) is 0 Å². The van der Waals surface area contributed by atoms with Crippen LogP contribution in [-0.4, -0.2) is 49.6 Å². The summed E-state index contributed by atoms with van der Waals surface area (Å²) in [5.74, 6) is -1.22. The molecule has 1 aliphatic rings. The van der Waals surface area contributed by atoms with Crippen molar-refractivity contribution in [3.63, 3.8) is 0 Å². The minimum Gasteiger partial charge on any atom is -0.355 e. The van der Waals surface area contributed by atoms with Gasteiger partial charge < -0.3 is 10.6 Å². The largest absolute Gasteiger partial charge is 0.355 e. The van der Waals surface area contributed by atoms with Crippen molar-refractivity contribution in [2.24, 2.45) is 0 Å². The number of urea groups is 1. The first-order chi connectivity index (χ1) is 6.49. The predicted octanol–water partition coefficient (Wildman–Crippen LogP) is -2.17. The zero-order valence-electron chi connectivity index (χ0n) is 8.17. The van der Waals surface area contributed by atoms with Gasteiger partial charge in [0.1, 0.15) is 0 Å². The van der Waals surface area contributed by atoms with E-state index >= 15 is 0 Å². The van der Waals surface area contributed by atoms with E-state index in [4.69, 9.17) is 0 Å². The van der Waals surface area contributed by atoms with Crippen molar-refractivity contribution in [3.8, 4) is 0 Å². The molecule has 0 unspecified atom stereocenters. The zero-order chi connectivity index (χ0) is 10.9. The molecule has 0 spiro atoms. The maximum absolute atomic E-state index is 11.6. The number of carbonyl (C=O) groups is 3. The van der Waals surface area contributed by atoms with Gasteiger partial charge in [0.25, 0.3) is 17.5 Å². The highest BCUT2D eigenvalue weighted by Gasteiger charge is 2.54. The molecule has 0 aromatic carbocycles. The maximum atomic E-state index is 11.6. The van der Waals surface area contributed by atoms with Gasteiger partial charge in [-0.05, 0) is 7.05 Å². The highest BCUT2D eigenvalue weighted by atomic mass is 16.2. The molecular formula is C7H12N4O3. The van der Waals surface area contributed by atoms with Crippen molar-refractivity contribution in [1.82, 2.24) is 20.9 Å². The average molecular weight is 200 g/mol. The summed E-state index contributed by atoms with van der Waals surface area (Å²) in [5.41, 5.74) is -1.67. The Hall–Kier alpha value is -1.63. The predicted molar refractivity (Wildman–Crippen MR) is 47.2 cm³/mol. The Bertz CT molecular complexity index is 303. The van der Waals surface area contributed by atoms with Crippen LogP contribution in [-0.2, 0) is 9.59 Å². The summed E-state index contributed by atoms with van der Waals surface area (Å²) in [6.07, 6.45) is 0. The van der Waals surface area contributed by atoms with Gasteiger partial charge in [-0.1, -0.05) is 0 Å². The van der Waals surface area contributed by atoms with E-state index in [0.29, 0.717) is 0 Å². The molecule has 0 aromatic rings. The third-order valence-corrected chi connectivity index (χ3v) is 2.17. The lowest BCUT2D eigenvalue weighted by molar-refractivity contribution is -0.140. The van der Waals surface area contributed by atoms with Gasteiger partial charge in [0.2, 0.25) is 0 Å². The quantitative estimate of drug-likeness (QED) is 0.349. The first-order valence-corrected chi connectivity index (χ1v) is 4.01. The van der Waals surface area contributed by atoms with E-state index in [9.17, 15) is 14.4 Å². The standard InChI is InChI=1S/C7H12N4O3/c1-8-4(12)7(9-2)5(13)11(3)6(14)10-7/h9H,1-3H3,(H,8,12)(H,10,14)/t7-/m0/s1. The number of amides is 4. The van der Waals surface area contributed by atoms with Crippen LogP contribution in [0.1, 0.15) is 0 Å². The van der Waals surface area contributed by atoms with E-state index in [-0.39, 0.29) is 0 Å². The van der Waals surface area contributed by atoms with Crippen LogP contribution in [0.15, 0.2) is 0 Å². The first kappa shape index (κ1) is 10.5. The van der Waals surface area contributed by atoms with Crippen molar-refractivity contribution >= 4 is 17.8 Å². The van der Waals surface area contributed by atoms with Gasteiger partial charge in [0, 0.05) is 14.1 Å². The third-order valence-electron chi connectivity index (χ3n) is 2.17. The summed E-state index contributed by atoms with van der Waals surface area (Å²) < 4.78 is 0. The van der Waals surface area contributed by atoms with Gasteiger partial charge in [0.05, 0.1) is 0 Å². The minimum absolute atomic E-state index is 0.595. The van der Waals surface area contributed by atoms with Crippen molar-refractivity contribution < 1.29 is 14.4 Å². The number of rotatable bonds is 2. The van der Waals surface area contributed by atoms with Gasteiger partial charge in [-0.3, -0.25) is 19.8 Å². The number of hydrogen-bond acceptors (Lipinski definition) is 4. The van der Waals surface area contributed by atoms with Gasteiger partial charge in [0.15, 0.2) is 0 Å². The molecule has 0 saturated carbocycles. The lowest BCUT2D eigenvalue weighted by Crippen LogP contribution is -2.66. The second-order valence-corrected chi connectivity index (χ2v) is 2.87. The molecule has 78 valence electrons. The molecule has 0 radical (unpaired) electrons. The number of nitrogens with one attached hydrogen (secondary N) is 3. The summed E-state index contributed by atoms with van der Waals surface area (Å²) in [6, 6.07) is -0.604. The monoisotopic (exact) mass is 200 g/mol. The molecule has 0 aliphatic carbocycles. The van der Waals surface area contributed by atoms with Crippen LogP contribution in [0.25, 0.3) is 0 Å². The molecule has 7 heteroatoms. The normalized spacial score (nSPS) is 26.4. The van der Waals surface area contributed by atoms with Crippen LogP contribution in [0.4, 0.5) is 4.79 Å². The van der Waals surface area contributed by atoms with Gasteiger partial charge >= 0.3 is 6.03 Å². The Morgan fingerprint density at radius 3 is 2.29 bits per heavy atom. The highest BCUT2D eigenvalue weighted by Crippen LogP contribution is 2.13. The summed E-state index contributed by atoms with van der Waals surface area (Å²) >= 11 is 0. The topological polar surface area (TPSA) is 90.5 Å². The first-order valence-electron chi connectivity index (χ1n) is 4.01. The Kier molecular flexibility index (Phi) is 2.43. The molecule has 14 heavy (non-hydrogen) atoms. The van der Waals surface area contributed by atoms with Crippen LogP contribution in [0.2, 0.25) is 0 Å². The van der Waals surface area contributed by atoms with Crippen molar-refractivity contribution in [2.45, 2.75) is 5.66 Å². The SMILES string of the molecule is CNC(=O)[C@]1(NC)NC(=O)N(C)C1=O. The van der Waals surface area contributed by atoms with E-state index in [2.05, 4.69) is 16.0 Å². The second kappa shape index (κ2) is 3.26. The molecule has 0 bridgehead atoms. The van der Waals surface area contributed by atoms with Crippen LogP contribution >= 0.6 is 0 Å². The van der Waals surface area contributed by atoms with Crippen molar-refractivity contribution in [3.05, 3.63) is 0 Å². The molecule has 1 aliphatic heterocycles. The molecule has 1 atom stereocenters. The van der Waals surface area contributed by atoms with Crippen LogP contribution < -0.4 is 16.0 Å². The zero-order valence-corrected chi connectivity index (χ0v) is 8.17. The van der Waals surface area contributed by atoms with E-state index in [1.165, 1.54) is 21.1 Å². The number of likely N-dealkylation sites (N-methyl/N-ethyl adjacent to an activating group) is 3. The smallest absolute Gasteiger partial charge is 0.326 e. The fourth-order valence-corrected chi connectivity index (χ4v) is 1.27. The summed E-state index contributed by atoms with van der Waals surface area (Å²) in [5, 5.41) is 7.09. The van der Waals surface area contributed by atoms with Crippen LogP contribution in [0.3, 0.4) is 0 Å². The molecule has 0 aromatic heterocycles. The third kappa shape index (κ3) is 1.13. The van der Waals surface area contributed by atoms with Crippen LogP contribution in [0, 0.1) is 0 Å². The van der Waals surface area contributed by atoms with E-state index < -0.39 is 23.5 Å². The Morgan fingerprint density at radius 1 is 1.43 bits per heavy atom. The minimum atomic E-state index is -1.67. The molecule has 3 N–H and O–H groups in total. The average Bonchev–Trinajstić information content (AvgIpc) is 2.42. The lowest BCUT2D eigenvalue weighted by Gasteiger charge is -2.23. The fourth-order valence-electron chi connectivity index (χ4n) is 1.27. The number of carbonyl (C=O) groups excluding carboxylic acids is 3. The van der Waals surface area contributed by atoms with E-state index in [0.717, 1.165) is 4.90 Å². The number of nitrogens with zero attached hydrogens (tertiary/aromatic N) is 1. The number of imide groups is 1. The van der Waals surface area contributed by atoms with Crippen molar-refractivity contribution in [1.29, 1.82) is 0 Å². The molecule has 4 amide bonds. The van der Waals surface area contributed by atoms with Crippen molar-refractivity contribution in [2.75, 3.05) is 21.1 Å². The number of hydrogen-bond donors (Lipinski definition) is 3. The molecule has 1 rings (SSSR count). The second-order valence-electron chi connectivity index (χ2n) is 2.87. The Labute approximate surface area is 80.8 Å². The summed E-state index contributed by atoms with van der Waals surface area (Å²) in [7, 11) is 4.12. The molecule has 7 nitrogen and oxygen atoms in total. The molecule has 1 fully saturated rings. The summed E-state index contributed by atoms with van der Waals surface area (Å²) in [4.78, 5) is 35.0. The fraction of sp³-hybridized carbons (Fsp3) is 0.571. The molecular weight excluding hydrogens is 188 g/mol. The molecule has 1 saturated heterocycles. The molecule has 1 heterocycles. The Morgan fingerprint density at radius 2 is 2.00 bits per heavy atom. The maximum Gasteiger partial charge on any atom is 0.326 e. The van der Waals surface area contributed by atoms with E-state index in [1.807, 2.05) is 0 Å². The van der Waals surface area contributed by atoms with Gasteiger partial charge in [-0.15, -0.1) is 0 Å². The van der Waals surface area contributed by atoms with Gasteiger partial charge in [-0.2, -0.15) is 0 Å². The summed E-state index contributed by atoms with van der Waals surface area (Å²) in [6.45, 7) is 0. The van der Waals surface area contributed by atoms with Gasteiger partial charge in [-0.25, -0.2) is 4.79 Å². The Balaban J connectivity index is 3.09. The highest BCUT2D eigenvalue weighted by molar-refractivity contribution is 6.19. The van der Waals surface area contributed by atoms with Crippen LogP contribution in [0.5, 0.6) is 0 Å².